The number of ether oxygens (including phenoxy) is 1. The maximum atomic E-state index is 5.55. The van der Waals surface area contributed by atoms with Gasteiger partial charge in [-0.15, -0.1) is 0 Å². The standard InChI is InChI=1S/C23H31N5O/c1-15-12-25-21-22(28(15)17-7-9-18(29-5)10-8-17)27-19(14-26-21)16-6-11-20(24-13-16)23(2,3)4/h6,11,13-14,17-18H,1,7-10,12H2,2-5H3,(H,25,26)/i2+1,3+1,12+1,15+1,23+1. The van der Waals surface area contributed by atoms with E-state index in [1.807, 2.05) is 12.4 Å². The molecule has 6 heteroatoms. The Morgan fingerprint density at radius 2 is 1.86 bits per heavy atom. The molecule has 1 fully saturated rings. The highest BCUT2D eigenvalue weighted by Crippen LogP contribution is 2.37. The lowest BCUT2D eigenvalue weighted by Gasteiger charge is -2.41. The smallest absolute Gasteiger partial charge is 0.176 e. The first-order chi connectivity index (χ1) is 13.9. The van der Waals surface area contributed by atoms with E-state index in [-0.39, 0.29) is 5.41 Å². The fourth-order valence-corrected chi connectivity index (χ4v) is 4.19. The second-order valence-electron chi connectivity index (χ2n) is 9.07. The van der Waals surface area contributed by atoms with Gasteiger partial charge in [0.1, 0.15) is 0 Å². The van der Waals surface area contributed by atoms with Crippen LogP contribution < -0.4 is 10.2 Å². The fourth-order valence-electron chi connectivity index (χ4n) is 4.19. The topological polar surface area (TPSA) is 63.2 Å². The zero-order chi connectivity index (χ0) is 20.6. The van der Waals surface area contributed by atoms with Crippen molar-refractivity contribution in [3.05, 3.63) is 42.5 Å². The SMILES string of the molecule is C=[13C]1[13CH2]Nc2ncc(-c3ccc([13C](C)([13CH3])[13CH3])nc3)nc2N1C1CCC(OC)CC1. The molecular formula is C23H31N5O. The molecule has 154 valence electrons. The van der Waals surface area contributed by atoms with Gasteiger partial charge in [-0.1, -0.05) is 27.4 Å². The van der Waals surface area contributed by atoms with Crippen molar-refractivity contribution in [2.45, 2.75) is 64.0 Å². The molecule has 3 heterocycles. The zero-order valence-corrected chi connectivity index (χ0v) is 17.9. The molecule has 4 rings (SSSR count). The summed E-state index contributed by atoms with van der Waals surface area (Å²) in [5.74, 6) is 1.70. The predicted octanol–water partition coefficient (Wildman–Crippen LogP) is 4.54. The fraction of sp³-hybridized carbons (Fsp3) is 0.522. The number of anilines is 2. The van der Waals surface area contributed by atoms with Gasteiger partial charge in [-0.3, -0.25) is 4.98 Å². The van der Waals surface area contributed by atoms with Gasteiger partial charge in [0.25, 0.3) is 0 Å². The summed E-state index contributed by atoms with van der Waals surface area (Å²) in [6, 6.07) is 4.56. The van der Waals surface area contributed by atoms with E-state index < -0.39 is 0 Å². The van der Waals surface area contributed by atoms with Crippen LogP contribution in [0.3, 0.4) is 0 Å². The van der Waals surface area contributed by atoms with Crippen molar-refractivity contribution in [3.63, 3.8) is 0 Å². The molecule has 1 aliphatic heterocycles. The summed E-state index contributed by atoms with van der Waals surface area (Å²) in [5.41, 5.74) is 3.96. The molecule has 0 bridgehead atoms. The van der Waals surface area contributed by atoms with Crippen molar-refractivity contribution < 1.29 is 4.74 Å². The van der Waals surface area contributed by atoms with Crippen LogP contribution >= 0.6 is 0 Å². The van der Waals surface area contributed by atoms with Crippen LogP contribution in [0.25, 0.3) is 11.3 Å². The van der Waals surface area contributed by atoms with Gasteiger partial charge in [-0.2, -0.15) is 0 Å². The van der Waals surface area contributed by atoms with Crippen LogP contribution in [-0.4, -0.2) is 40.8 Å². The van der Waals surface area contributed by atoms with E-state index >= 15 is 0 Å². The quantitative estimate of drug-likeness (QED) is 0.766. The molecule has 2 aromatic rings. The van der Waals surface area contributed by atoms with Crippen molar-refractivity contribution in [2.75, 3.05) is 23.9 Å². The lowest BCUT2D eigenvalue weighted by atomic mass is 9.92. The number of pyridine rings is 1. The third-order valence-electron chi connectivity index (χ3n) is 5.95. The molecule has 0 amide bonds. The van der Waals surface area contributed by atoms with Crippen LogP contribution in [0.5, 0.6) is 0 Å². The Hall–Kier alpha value is -2.47. The van der Waals surface area contributed by atoms with E-state index in [1.165, 1.54) is 0 Å². The molecule has 29 heavy (non-hydrogen) atoms. The number of nitrogens with one attached hydrogen (secondary N) is 1. The Labute approximate surface area is 173 Å². The molecule has 2 aliphatic rings. The number of fused-ring (bicyclic) bond motifs is 1. The maximum Gasteiger partial charge on any atom is 0.176 e. The average Bonchev–Trinajstić information content (AvgIpc) is 2.73. The van der Waals surface area contributed by atoms with Crippen molar-refractivity contribution in [1.29, 1.82) is 0 Å². The number of rotatable bonds is 3. The van der Waals surface area contributed by atoms with Gasteiger partial charge in [0, 0.05) is 41.7 Å². The van der Waals surface area contributed by atoms with Crippen molar-refractivity contribution in [3.8, 4) is 11.3 Å². The Bertz CT molecular complexity index is 879. The van der Waals surface area contributed by atoms with Crippen molar-refractivity contribution >= 4 is 11.6 Å². The molecule has 0 radical (unpaired) electrons. The molecular weight excluding hydrogens is 367 g/mol. The summed E-state index contributed by atoms with van der Waals surface area (Å²) >= 11 is 0. The third kappa shape index (κ3) is 3.99. The van der Waals surface area contributed by atoms with Gasteiger partial charge >= 0.3 is 0 Å². The summed E-state index contributed by atoms with van der Waals surface area (Å²) < 4.78 is 5.55. The van der Waals surface area contributed by atoms with Crippen LogP contribution in [-0.2, 0) is 10.2 Å². The number of hydrogen-bond acceptors (Lipinski definition) is 6. The Kier molecular flexibility index (Phi) is 5.30. The first-order valence-electron chi connectivity index (χ1n) is 10.4. The minimum atomic E-state index is 0.0273. The lowest BCUT2D eigenvalue weighted by Crippen LogP contribution is -2.43. The lowest BCUT2D eigenvalue weighted by molar-refractivity contribution is 0.0660. The van der Waals surface area contributed by atoms with E-state index in [0.29, 0.717) is 18.7 Å². The monoisotopic (exact) mass is 398 g/mol. The van der Waals surface area contributed by atoms with E-state index in [1.54, 1.807) is 7.11 Å². The molecule has 1 saturated carbocycles. The van der Waals surface area contributed by atoms with Gasteiger partial charge < -0.3 is 15.0 Å². The number of aromatic nitrogens is 3. The van der Waals surface area contributed by atoms with E-state index in [2.05, 4.69) is 59.7 Å². The van der Waals surface area contributed by atoms with Crippen LogP contribution in [0, 0.1) is 0 Å². The molecule has 1 N–H and O–H groups in total. The largest absolute Gasteiger partial charge is 0.381 e. The second-order valence-corrected chi connectivity index (χ2v) is 9.07. The Morgan fingerprint density at radius 3 is 2.48 bits per heavy atom. The van der Waals surface area contributed by atoms with Crippen LogP contribution in [0.2, 0.25) is 0 Å². The van der Waals surface area contributed by atoms with Gasteiger partial charge in [0.15, 0.2) is 11.6 Å². The number of methoxy groups -OCH3 is 1. The minimum Gasteiger partial charge on any atom is -0.381 e. The normalized spacial score (nSPS) is 22.2. The molecule has 0 aromatic carbocycles. The molecule has 0 unspecified atom stereocenters. The van der Waals surface area contributed by atoms with E-state index in [0.717, 1.165) is 60.0 Å². The molecule has 1 aliphatic carbocycles. The Balaban J connectivity index is 1.64. The first kappa shape index (κ1) is 19.8. The molecule has 0 spiro atoms. The zero-order valence-electron chi connectivity index (χ0n) is 17.9. The number of hydrogen-bond donors (Lipinski definition) is 1. The summed E-state index contributed by atoms with van der Waals surface area (Å²) in [5, 5.41) is 3.35. The van der Waals surface area contributed by atoms with Gasteiger partial charge in [-0.25, -0.2) is 9.97 Å². The highest BCUT2D eigenvalue weighted by molar-refractivity contribution is 5.72. The Morgan fingerprint density at radius 1 is 1.10 bits per heavy atom. The molecule has 6 nitrogen and oxygen atoms in total. The molecule has 2 aromatic heterocycles. The third-order valence-corrected chi connectivity index (χ3v) is 5.95. The van der Waals surface area contributed by atoms with Gasteiger partial charge in [0.2, 0.25) is 0 Å². The summed E-state index contributed by atoms with van der Waals surface area (Å²) in [6.07, 6.45) is 8.38. The van der Waals surface area contributed by atoms with Crippen LogP contribution in [0.4, 0.5) is 11.6 Å². The second kappa shape index (κ2) is 7.75. The summed E-state index contributed by atoms with van der Waals surface area (Å²) in [4.78, 5) is 16.6. The average molecular weight is 398 g/mol. The van der Waals surface area contributed by atoms with E-state index in [9.17, 15) is 0 Å². The molecule has 0 atom stereocenters. The van der Waals surface area contributed by atoms with Crippen molar-refractivity contribution in [2.24, 2.45) is 0 Å². The highest BCUT2D eigenvalue weighted by Gasteiger charge is 2.32. The summed E-state index contributed by atoms with van der Waals surface area (Å²) in [6.45, 7) is 11.5. The first-order valence-corrected chi connectivity index (χ1v) is 10.4. The van der Waals surface area contributed by atoms with E-state index in [4.69, 9.17) is 9.72 Å². The summed E-state index contributed by atoms with van der Waals surface area (Å²) in [7, 11) is 1.81. The predicted molar refractivity (Wildman–Crippen MR) is 117 cm³/mol. The van der Waals surface area contributed by atoms with Crippen LogP contribution in [0.15, 0.2) is 36.8 Å². The molecule has 0 saturated heterocycles. The van der Waals surface area contributed by atoms with Gasteiger partial charge in [-0.05, 0) is 37.8 Å². The maximum absolute atomic E-state index is 5.55. The minimum absolute atomic E-state index is 0.0273. The highest BCUT2D eigenvalue weighted by atomic mass is 16.5. The van der Waals surface area contributed by atoms with Crippen molar-refractivity contribution in [1.82, 2.24) is 15.0 Å². The van der Waals surface area contributed by atoms with Gasteiger partial charge in [0.05, 0.1) is 24.5 Å². The number of nitrogens with zero attached hydrogens (tertiary/aromatic N) is 4. The van der Waals surface area contributed by atoms with Crippen LogP contribution in [0.1, 0.15) is 52.1 Å².